The molecule has 0 unspecified atom stereocenters. The number of hydrogen-bond donors (Lipinski definition) is 0. The average Bonchev–Trinajstić information content (AvgIpc) is 2.04. The maximum absolute atomic E-state index is 3.98. The Morgan fingerprint density at radius 1 is 1.23 bits per heavy atom. The minimum absolute atomic E-state index is 0.458. The van der Waals surface area contributed by atoms with E-state index in [4.69, 9.17) is 0 Å². The molecule has 1 aromatic carbocycles. The Kier molecular flexibility index (Phi) is 3.13. The zero-order valence-electron chi connectivity index (χ0n) is 8.62. The van der Waals surface area contributed by atoms with Crippen LogP contribution in [0.1, 0.15) is 20.8 Å². The predicted octanol–water partition coefficient (Wildman–Crippen LogP) is 3.44. The Bertz CT molecular complexity index is 274. The van der Waals surface area contributed by atoms with Crippen molar-refractivity contribution in [1.29, 1.82) is 0 Å². The molecule has 0 aliphatic carbocycles. The van der Waals surface area contributed by atoms with E-state index in [2.05, 4.69) is 37.5 Å². The van der Waals surface area contributed by atoms with E-state index in [9.17, 15) is 0 Å². The molecule has 0 fully saturated rings. The van der Waals surface area contributed by atoms with Gasteiger partial charge in [0, 0.05) is 17.4 Å². The molecule has 0 aromatic heterocycles. The molecule has 0 aliphatic rings. The summed E-state index contributed by atoms with van der Waals surface area (Å²) in [4.78, 5) is 2.22. The van der Waals surface area contributed by atoms with Crippen molar-refractivity contribution in [3.05, 3.63) is 42.6 Å². The summed E-state index contributed by atoms with van der Waals surface area (Å²) in [5.74, 6) is 0. The number of hydrogen-bond acceptors (Lipinski definition) is 1. The zero-order chi connectivity index (χ0) is 9.84. The molecule has 0 saturated heterocycles. The number of allylic oxidation sites excluding steroid dienone is 1. The highest BCUT2D eigenvalue weighted by Gasteiger charge is 2.09. The summed E-state index contributed by atoms with van der Waals surface area (Å²) in [7, 11) is 0. The van der Waals surface area contributed by atoms with Gasteiger partial charge < -0.3 is 4.90 Å². The third kappa shape index (κ3) is 2.35. The smallest absolute Gasteiger partial charge is 0.0410 e. The molecule has 0 amide bonds. The zero-order valence-corrected chi connectivity index (χ0v) is 8.62. The van der Waals surface area contributed by atoms with Gasteiger partial charge in [0.25, 0.3) is 0 Å². The van der Waals surface area contributed by atoms with E-state index in [1.807, 2.05) is 25.1 Å². The standard InChI is InChI=1S/C12H17N/c1-10(2)13(11(3)4)12-8-6-5-7-9-12/h5-9,11H,1H2,2-4H3. The normalized spacial score (nSPS) is 10.2. The van der Waals surface area contributed by atoms with Crippen LogP contribution in [0.3, 0.4) is 0 Å². The molecule has 1 aromatic rings. The first kappa shape index (κ1) is 9.85. The highest BCUT2D eigenvalue weighted by atomic mass is 15.2. The van der Waals surface area contributed by atoms with Gasteiger partial charge in [-0.15, -0.1) is 0 Å². The first-order chi connectivity index (χ1) is 6.13. The molecule has 0 radical (unpaired) electrons. The Labute approximate surface area is 80.7 Å². The predicted molar refractivity (Wildman–Crippen MR) is 58.9 cm³/mol. The Balaban J connectivity index is 2.96. The van der Waals surface area contributed by atoms with Crippen molar-refractivity contribution in [1.82, 2.24) is 0 Å². The molecular formula is C12H17N. The quantitative estimate of drug-likeness (QED) is 0.680. The number of nitrogens with zero attached hydrogens (tertiary/aromatic N) is 1. The molecule has 1 nitrogen and oxygen atoms in total. The Hall–Kier alpha value is -1.24. The van der Waals surface area contributed by atoms with Crippen LogP contribution in [-0.2, 0) is 0 Å². The van der Waals surface area contributed by atoms with Crippen molar-refractivity contribution >= 4 is 5.69 Å². The molecule has 0 aliphatic heterocycles. The Morgan fingerprint density at radius 3 is 2.15 bits per heavy atom. The number of para-hydroxylation sites is 1. The van der Waals surface area contributed by atoms with E-state index in [1.165, 1.54) is 5.69 Å². The van der Waals surface area contributed by atoms with Crippen molar-refractivity contribution in [3.8, 4) is 0 Å². The van der Waals surface area contributed by atoms with Gasteiger partial charge in [0.05, 0.1) is 0 Å². The van der Waals surface area contributed by atoms with Crippen molar-refractivity contribution in [3.63, 3.8) is 0 Å². The van der Waals surface area contributed by atoms with E-state index >= 15 is 0 Å². The minimum Gasteiger partial charge on any atom is -0.343 e. The molecule has 0 saturated carbocycles. The summed E-state index contributed by atoms with van der Waals surface area (Å²) in [6, 6.07) is 10.8. The molecule has 1 heteroatoms. The first-order valence-corrected chi connectivity index (χ1v) is 4.62. The molecule has 0 N–H and O–H groups in total. The lowest BCUT2D eigenvalue weighted by Crippen LogP contribution is -2.28. The minimum atomic E-state index is 0.458. The van der Waals surface area contributed by atoms with Gasteiger partial charge in [0.1, 0.15) is 0 Å². The molecule has 70 valence electrons. The van der Waals surface area contributed by atoms with Crippen LogP contribution in [0.2, 0.25) is 0 Å². The van der Waals surface area contributed by atoms with Crippen LogP contribution in [0.5, 0.6) is 0 Å². The van der Waals surface area contributed by atoms with E-state index in [0.717, 1.165) is 5.70 Å². The van der Waals surface area contributed by atoms with Gasteiger partial charge in [-0.25, -0.2) is 0 Å². The van der Waals surface area contributed by atoms with Gasteiger partial charge in [-0.1, -0.05) is 24.8 Å². The topological polar surface area (TPSA) is 3.24 Å². The molecule has 0 spiro atoms. The van der Waals surface area contributed by atoms with Gasteiger partial charge in [0.15, 0.2) is 0 Å². The largest absolute Gasteiger partial charge is 0.343 e. The van der Waals surface area contributed by atoms with Crippen molar-refractivity contribution in [2.45, 2.75) is 26.8 Å². The van der Waals surface area contributed by atoms with Crippen LogP contribution < -0.4 is 4.90 Å². The lowest BCUT2D eigenvalue weighted by Gasteiger charge is -2.28. The number of anilines is 1. The first-order valence-electron chi connectivity index (χ1n) is 4.62. The van der Waals surface area contributed by atoms with E-state index < -0.39 is 0 Å². The Morgan fingerprint density at radius 2 is 1.77 bits per heavy atom. The fraction of sp³-hybridized carbons (Fsp3) is 0.333. The fourth-order valence-corrected chi connectivity index (χ4v) is 1.55. The van der Waals surface area contributed by atoms with E-state index in [1.54, 1.807) is 0 Å². The molecule has 0 bridgehead atoms. The van der Waals surface area contributed by atoms with E-state index in [-0.39, 0.29) is 0 Å². The number of rotatable bonds is 3. The fourth-order valence-electron chi connectivity index (χ4n) is 1.55. The molecule has 1 rings (SSSR count). The molecule has 0 heterocycles. The van der Waals surface area contributed by atoms with Crippen LogP contribution >= 0.6 is 0 Å². The summed E-state index contributed by atoms with van der Waals surface area (Å²) >= 11 is 0. The highest BCUT2D eigenvalue weighted by molar-refractivity contribution is 5.51. The molecule has 0 atom stereocenters. The SMILES string of the molecule is C=C(C)N(c1ccccc1)C(C)C. The van der Waals surface area contributed by atoms with Crippen molar-refractivity contribution in [2.24, 2.45) is 0 Å². The van der Waals surface area contributed by atoms with Gasteiger partial charge in [-0.2, -0.15) is 0 Å². The second-order valence-electron chi connectivity index (χ2n) is 3.53. The van der Waals surface area contributed by atoms with Gasteiger partial charge >= 0.3 is 0 Å². The van der Waals surface area contributed by atoms with Crippen LogP contribution in [0, 0.1) is 0 Å². The maximum Gasteiger partial charge on any atom is 0.0410 e. The second-order valence-corrected chi connectivity index (χ2v) is 3.53. The van der Waals surface area contributed by atoms with Gasteiger partial charge in [-0.05, 0) is 32.9 Å². The van der Waals surface area contributed by atoms with Gasteiger partial charge in [-0.3, -0.25) is 0 Å². The average molecular weight is 175 g/mol. The summed E-state index contributed by atoms with van der Waals surface area (Å²) in [6.45, 7) is 10.4. The van der Waals surface area contributed by atoms with Crippen LogP contribution in [0.4, 0.5) is 5.69 Å². The summed E-state index contributed by atoms with van der Waals surface area (Å²) in [5, 5.41) is 0. The van der Waals surface area contributed by atoms with E-state index in [0.29, 0.717) is 6.04 Å². The third-order valence-electron chi connectivity index (χ3n) is 1.96. The lowest BCUT2D eigenvalue weighted by atomic mass is 10.2. The van der Waals surface area contributed by atoms with Crippen LogP contribution in [0.25, 0.3) is 0 Å². The van der Waals surface area contributed by atoms with Crippen molar-refractivity contribution in [2.75, 3.05) is 4.90 Å². The third-order valence-corrected chi connectivity index (χ3v) is 1.96. The van der Waals surface area contributed by atoms with Crippen molar-refractivity contribution < 1.29 is 0 Å². The van der Waals surface area contributed by atoms with Crippen LogP contribution in [-0.4, -0.2) is 6.04 Å². The summed E-state index contributed by atoms with van der Waals surface area (Å²) < 4.78 is 0. The highest BCUT2D eigenvalue weighted by Crippen LogP contribution is 2.20. The summed E-state index contributed by atoms with van der Waals surface area (Å²) in [5.41, 5.74) is 2.30. The second kappa shape index (κ2) is 4.13. The van der Waals surface area contributed by atoms with Gasteiger partial charge in [0.2, 0.25) is 0 Å². The monoisotopic (exact) mass is 175 g/mol. The molecular weight excluding hydrogens is 158 g/mol. The van der Waals surface area contributed by atoms with Crippen LogP contribution in [0.15, 0.2) is 42.6 Å². The summed E-state index contributed by atoms with van der Waals surface area (Å²) in [6.07, 6.45) is 0. The molecule has 13 heavy (non-hydrogen) atoms. The maximum atomic E-state index is 3.98. The number of benzene rings is 1. The lowest BCUT2D eigenvalue weighted by molar-refractivity contribution is 0.755.